The van der Waals surface area contributed by atoms with E-state index in [1.165, 1.54) is 13.5 Å². The smallest absolute Gasteiger partial charge is 0.331 e. The van der Waals surface area contributed by atoms with Crippen molar-refractivity contribution in [2.75, 3.05) is 33.5 Å². The van der Waals surface area contributed by atoms with E-state index in [0.29, 0.717) is 26.4 Å². The lowest BCUT2D eigenvalue weighted by Gasteiger charge is -2.22. The number of benzene rings is 1. The third-order valence-electron chi connectivity index (χ3n) is 3.68. The fraction of sp³-hybridized carbons (Fsp3) is 0.611. The molecule has 1 aromatic carbocycles. The summed E-state index contributed by atoms with van der Waals surface area (Å²) in [6.45, 7) is 2.77. The highest BCUT2D eigenvalue weighted by molar-refractivity contribution is 5.70. The first-order chi connectivity index (χ1) is 11.8. The molecule has 1 aliphatic rings. The molecule has 0 bridgehead atoms. The fourth-order valence-corrected chi connectivity index (χ4v) is 2.31. The number of carbonyl (C=O) groups is 1. The Bertz CT molecular complexity index is 467. The van der Waals surface area contributed by atoms with Crippen molar-refractivity contribution in [3.8, 4) is 0 Å². The van der Waals surface area contributed by atoms with Gasteiger partial charge in [0.25, 0.3) is 0 Å². The molecule has 24 heavy (non-hydrogen) atoms. The molecule has 6 heteroatoms. The van der Waals surface area contributed by atoms with Gasteiger partial charge in [-0.25, -0.2) is 4.79 Å². The van der Waals surface area contributed by atoms with E-state index >= 15 is 0 Å². The summed E-state index contributed by atoms with van der Waals surface area (Å²) in [5, 5.41) is 0. The van der Waals surface area contributed by atoms with Crippen LogP contribution in [0.3, 0.4) is 0 Å². The monoisotopic (exact) mass is 338 g/mol. The summed E-state index contributed by atoms with van der Waals surface area (Å²) < 4.78 is 26.5. The lowest BCUT2D eigenvalue weighted by molar-refractivity contribution is -0.169. The number of esters is 1. The largest absolute Gasteiger partial charge is 0.467 e. The quantitative estimate of drug-likeness (QED) is 0.482. The summed E-state index contributed by atoms with van der Waals surface area (Å²) in [6.07, 6.45) is 3.20. The lowest BCUT2D eigenvalue weighted by atomic mass is 10.1. The third-order valence-corrected chi connectivity index (χ3v) is 3.68. The first kappa shape index (κ1) is 18.9. The summed E-state index contributed by atoms with van der Waals surface area (Å²) in [7, 11) is 1.34. The molecule has 0 aliphatic carbocycles. The van der Waals surface area contributed by atoms with Gasteiger partial charge < -0.3 is 23.7 Å². The van der Waals surface area contributed by atoms with E-state index < -0.39 is 0 Å². The Kier molecular flexibility index (Phi) is 8.76. The standard InChI is InChI=1S/C18H26O6/c1-20-17(19)14-22-13-16-7-5-15(6-8-16)12-21-10-11-24-18-4-2-3-9-23-18/h5-8,18H,2-4,9-14H2,1H3. The van der Waals surface area contributed by atoms with Crippen molar-refractivity contribution >= 4 is 5.97 Å². The van der Waals surface area contributed by atoms with Gasteiger partial charge in [-0.1, -0.05) is 24.3 Å². The van der Waals surface area contributed by atoms with Crippen LogP contribution in [0.2, 0.25) is 0 Å². The molecule has 2 rings (SSSR count). The molecule has 1 aliphatic heterocycles. The molecule has 1 atom stereocenters. The first-order valence-corrected chi connectivity index (χ1v) is 8.31. The van der Waals surface area contributed by atoms with Crippen LogP contribution in [0.1, 0.15) is 30.4 Å². The molecular formula is C18H26O6. The predicted octanol–water partition coefficient (Wildman–Crippen LogP) is 2.44. The number of hydrogen-bond acceptors (Lipinski definition) is 6. The summed E-state index contributed by atoms with van der Waals surface area (Å²) in [5.74, 6) is -0.374. The van der Waals surface area contributed by atoms with Crippen molar-refractivity contribution in [1.29, 1.82) is 0 Å². The minimum Gasteiger partial charge on any atom is -0.467 e. The zero-order valence-corrected chi connectivity index (χ0v) is 14.2. The highest BCUT2D eigenvalue weighted by atomic mass is 16.7. The van der Waals surface area contributed by atoms with Gasteiger partial charge in [-0.3, -0.25) is 0 Å². The van der Waals surface area contributed by atoms with Gasteiger partial charge in [0.05, 0.1) is 33.5 Å². The van der Waals surface area contributed by atoms with Gasteiger partial charge in [-0.15, -0.1) is 0 Å². The van der Waals surface area contributed by atoms with Gasteiger partial charge in [0.1, 0.15) is 6.61 Å². The zero-order chi connectivity index (χ0) is 17.0. The molecule has 6 nitrogen and oxygen atoms in total. The topological polar surface area (TPSA) is 63.2 Å². The maximum atomic E-state index is 10.9. The van der Waals surface area contributed by atoms with Crippen LogP contribution >= 0.6 is 0 Å². The van der Waals surface area contributed by atoms with Crippen LogP contribution in [0.4, 0.5) is 0 Å². The van der Waals surface area contributed by atoms with Crippen LogP contribution in [-0.4, -0.2) is 45.8 Å². The van der Waals surface area contributed by atoms with Crippen molar-refractivity contribution in [3.05, 3.63) is 35.4 Å². The van der Waals surface area contributed by atoms with Gasteiger partial charge in [-0.2, -0.15) is 0 Å². The molecule has 1 aromatic rings. The first-order valence-electron chi connectivity index (χ1n) is 8.31. The van der Waals surface area contributed by atoms with E-state index in [1.807, 2.05) is 24.3 Å². The van der Waals surface area contributed by atoms with Crippen molar-refractivity contribution < 1.29 is 28.5 Å². The van der Waals surface area contributed by atoms with E-state index in [2.05, 4.69) is 4.74 Å². The molecule has 1 saturated heterocycles. The summed E-state index contributed by atoms with van der Waals surface area (Å²) in [6, 6.07) is 7.90. The number of ether oxygens (including phenoxy) is 5. The van der Waals surface area contributed by atoms with Crippen LogP contribution in [-0.2, 0) is 41.7 Å². The van der Waals surface area contributed by atoms with E-state index in [4.69, 9.17) is 18.9 Å². The van der Waals surface area contributed by atoms with Crippen LogP contribution in [0.25, 0.3) is 0 Å². The van der Waals surface area contributed by atoms with E-state index in [1.54, 1.807) is 0 Å². The van der Waals surface area contributed by atoms with Gasteiger partial charge in [-0.05, 0) is 30.4 Å². The SMILES string of the molecule is COC(=O)COCc1ccc(COCCOC2CCCCO2)cc1. The van der Waals surface area contributed by atoms with E-state index in [0.717, 1.165) is 30.6 Å². The zero-order valence-electron chi connectivity index (χ0n) is 14.2. The van der Waals surface area contributed by atoms with Crippen molar-refractivity contribution in [1.82, 2.24) is 0 Å². The second kappa shape index (κ2) is 11.1. The Labute approximate surface area is 143 Å². The molecule has 0 aromatic heterocycles. The Morgan fingerprint density at radius 2 is 1.79 bits per heavy atom. The van der Waals surface area contributed by atoms with Crippen molar-refractivity contribution in [2.24, 2.45) is 0 Å². The summed E-state index contributed by atoms with van der Waals surface area (Å²) in [4.78, 5) is 10.9. The van der Waals surface area contributed by atoms with Crippen LogP contribution in [0.5, 0.6) is 0 Å². The van der Waals surface area contributed by atoms with Gasteiger partial charge in [0.2, 0.25) is 0 Å². The normalized spacial score (nSPS) is 17.6. The molecule has 134 valence electrons. The maximum absolute atomic E-state index is 10.9. The second-order valence-electron chi connectivity index (χ2n) is 5.60. The molecule has 0 saturated carbocycles. The molecule has 1 heterocycles. The Morgan fingerprint density at radius 3 is 2.42 bits per heavy atom. The average molecular weight is 338 g/mol. The molecule has 1 fully saturated rings. The van der Waals surface area contributed by atoms with Crippen LogP contribution in [0.15, 0.2) is 24.3 Å². The number of rotatable bonds is 10. The number of methoxy groups -OCH3 is 1. The molecule has 0 amide bonds. The maximum Gasteiger partial charge on any atom is 0.331 e. The Hall–Kier alpha value is -1.47. The third kappa shape index (κ3) is 7.40. The van der Waals surface area contributed by atoms with Crippen LogP contribution in [0, 0.1) is 0 Å². The minimum atomic E-state index is -0.374. The second-order valence-corrected chi connectivity index (χ2v) is 5.60. The Morgan fingerprint density at radius 1 is 1.08 bits per heavy atom. The highest BCUT2D eigenvalue weighted by Crippen LogP contribution is 2.13. The van der Waals surface area contributed by atoms with E-state index in [-0.39, 0.29) is 18.9 Å². The minimum absolute atomic E-state index is 0.0356. The number of hydrogen-bond donors (Lipinski definition) is 0. The summed E-state index contributed by atoms with van der Waals surface area (Å²) in [5.41, 5.74) is 2.08. The van der Waals surface area contributed by atoms with Crippen molar-refractivity contribution in [2.45, 2.75) is 38.8 Å². The van der Waals surface area contributed by atoms with Crippen LogP contribution < -0.4 is 0 Å². The number of carbonyl (C=O) groups excluding carboxylic acids is 1. The molecule has 0 spiro atoms. The average Bonchev–Trinajstić information content (AvgIpc) is 2.63. The fourth-order valence-electron chi connectivity index (χ4n) is 2.31. The van der Waals surface area contributed by atoms with E-state index in [9.17, 15) is 4.79 Å². The Balaban J connectivity index is 1.55. The molecule has 0 radical (unpaired) electrons. The molecule has 1 unspecified atom stereocenters. The molecular weight excluding hydrogens is 312 g/mol. The lowest BCUT2D eigenvalue weighted by Crippen LogP contribution is -2.23. The van der Waals surface area contributed by atoms with Gasteiger partial charge in [0.15, 0.2) is 6.29 Å². The van der Waals surface area contributed by atoms with Gasteiger partial charge in [0, 0.05) is 6.61 Å². The highest BCUT2D eigenvalue weighted by Gasteiger charge is 2.13. The summed E-state index contributed by atoms with van der Waals surface area (Å²) >= 11 is 0. The molecule has 0 N–H and O–H groups in total. The van der Waals surface area contributed by atoms with Gasteiger partial charge >= 0.3 is 5.97 Å². The van der Waals surface area contributed by atoms with Crippen molar-refractivity contribution in [3.63, 3.8) is 0 Å². The predicted molar refractivity (Wildman–Crippen MR) is 87.3 cm³/mol.